The normalized spacial score (nSPS) is 29.4. The van der Waals surface area contributed by atoms with Crippen LogP contribution in [0.25, 0.3) is 0 Å². The van der Waals surface area contributed by atoms with Gasteiger partial charge in [-0.1, -0.05) is 13.3 Å². The molecule has 0 aromatic carbocycles. The molecule has 1 aliphatic heterocycles. The number of aliphatic hydroxyl groups is 1. The van der Waals surface area contributed by atoms with Crippen LogP contribution in [-0.4, -0.2) is 49.4 Å². The zero-order chi connectivity index (χ0) is 15.7. The highest BCUT2D eigenvalue weighted by Gasteiger charge is 2.47. The van der Waals surface area contributed by atoms with Gasteiger partial charge in [0.25, 0.3) is 0 Å². The molecule has 1 amide bonds. The van der Waals surface area contributed by atoms with Crippen molar-refractivity contribution in [2.24, 2.45) is 18.9 Å². The van der Waals surface area contributed by atoms with Crippen LogP contribution in [-0.2, 0) is 18.3 Å². The van der Waals surface area contributed by atoms with E-state index in [0.29, 0.717) is 38.3 Å². The largest absolute Gasteiger partial charge is 0.389 e. The van der Waals surface area contributed by atoms with Crippen LogP contribution in [0.4, 0.5) is 0 Å². The van der Waals surface area contributed by atoms with Crippen molar-refractivity contribution in [3.8, 4) is 0 Å². The number of rotatable bonds is 4. The molecular weight excluding hydrogens is 280 g/mol. The standard InChI is InChI=1S/C16H26N4O2/c1-12-10-20(9-8-16(12,22)13-4-3-5-13)15(21)7-6-14-18-17-11-19(14)2/h11-13,22H,3-10H2,1-2H3/t12-,16+/m1/s1. The molecule has 0 radical (unpaired) electrons. The molecule has 1 aromatic heterocycles. The van der Waals surface area contributed by atoms with Gasteiger partial charge >= 0.3 is 0 Å². The van der Waals surface area contributed by atoms with Crippen molar-refractivity contribution in [3.63, 3.8) is 0 Å². The van der Waals surface area contributed by atoms with Crippen molar-refractivity contribution in [2.75, 3.05) is 13.1 Å². The van der Waals surface area contributed by atoms with E-state index in [0.717, 1.165) is 18.7 Å². The highest BCUT2D eigenvalue weighted by atomic mass is 16.3. The number of likely N-dealkylation sites (tertiary alicyclic amines) is 1. The number of amides is 1. The Balaban J connectivity index is 1.53. The van der Waals surface area contributed by atoms with Crippen molar-refractivity contribution in [3.05, 3.63) is 12.2 Å². The van der Waals surface area contributed by atoms with Crippen molar-refractivity contribution in [1.29, 1.82) is 0 Å². The second kappa shape index (κ2) is 5.99. The zero-order valence-corrected chi connectivity index (χ0v) is 13.5. The number of aryl methyl sites for hydroxylation is 2. The predicted molar refractivity (Wildman–Crippen MR) is 82.0 cm³/mol. The third-order valence-corrected chi connectivity index (χ3v) is 5.66. The van der Waals surface area contributed by atoms with E-state index in [4.69, 9.17) is 0 Å². The molecule has 122 valence electrons. The van der Waals surface area contributed by atoms with Crippen LogP contribution in [0.3, 0.4) is 0 Å². The van der Waals surface area contributed by atoms with E-state index in [1.807, 2.05) is 16.5 Å². The number of carbonyl (C=O) groups excluding carboxylic acids is 1. The number of hydrogen-bond acceptors (Lipinski definition) is 4. The Morgan fingerprint density at radius 2 is 2.27 bits per heavy atom. The van der Waals surface area contributed by atoms with Gasteiger partial charge in [0.2, 0.25) is 5.91 Å². The Kier molecular flexibility index (Phi) is 4.21. The van der Waals surface area contributed by atoms with Gasteiger partial charge in [-0.2, -0.15) is 0 Å². The molecule has 1 saturated heterocycles. The molecule has 0 unspecified atom stereocenters. The minimum atomic E-state index is -0.557. The van der Waals surface area contributed by atoms with Crippen LogP contribution in [0.1, 0.15) is 44.9 Å². The summed E-state index contributed by atoms with van der Waals surface area (Å²) in [5, 5.41) is 18.8. The minimum absolute atomic E-state index is 0.158. The maximum Gasteiger partial charge on any atom is 0.223 e. The molecule has 1 saturated carbocycles. The summed E-state index contributed by atoms with van der Waals surface area (Å²) in [4.78, 5) is 14.3. The highest BCUT2D eigenvalue weighted by Crippen LogP contribution is 2.44. The summed E-state index contributed by atoms with van der Waals surface area (Å²) in [5.41, 5.74) is -0.557. The lowest BCUT2D eigenvalue weighted by molar-refractivity contribution is -0.150. The van der Waals surface area contributed by atoms with Crippen LogP contribution in [0.15, 0.2) is 6.33 Å². The van der Waals surface area contributed by atoms with Gasteiger partial charge in [0.05, 0.1) is 5.60 Å². The molecule has 1 N–H and O–H groups in total. The molecule has 0 spiro atoms. The average molecular weight is 306 g/mol. The Morgan fingerprint density at radius 1 is 1.50 bits per heavy atom. The van der Waals surface area contributed by atoms with E-state index >= 15 is 0 Å². The van der Waals surface area contributed by atoms with Crippen LogP contribution >= 0.6 is 0 Å². The van der Waals surface area contributed by atoms with Gasteiger partial charge in [-0.05, 0) is 25.2 Å². The summed E-state index contributed by atoms with van der Waals surface area (Å²) in [6, 6.07) is 0. The van der Waals surface area contributed by atoms with Gasteiger partial charge in [-0.3, -0.25) is 4.79 Å². The van der Waals surface area contributed by atoms with Gasteiger partial charge in [-0.25, -0.2) is 0 Å². The second-order valence-corrected chi connectivity index (χ2v) is 6.97. The molecule has 22 heavy (non-hydrogen) atoms. The molecule has 0 bridgehead atoms. The van der Waals surface area contributed by atoms with Gasteiger partial charge < -0.3 is 14.6 Å². The molecule has 3 rings (SSSR count). The zero-order valence-electron chi connectivity index (χ0n) is 13.5. The van der Waals surface area contributed by atoms with Gasteiger partial charge in [-0.15, -0.1) is 10.2 Å². The Labute approximate surface area is 131 Å². The third kappa shape index (κ3) is 2.76. The highest BCUT2D eigenvalue weighted by molar-refractivity contribution is 5.76. The monoisotopic (exact) mass is 306 g/mol. The molecule has 2 fully saturated rings. The fourth-order valence-corrected chi connectivity index (χ4v) is 3.79. The predicted octanol–water partition coefficient (Wildman–Crippen LogP) is 1.15. The maximum absolute atomic E-state index is 12.4. The molecule has 2 atom stereocenters. The number of aromatic nitrogens is 3. The SMILES string of the molecule is C[C@@H]1CN(C(=O)CCc2nncn2C)CC[C@@]1(O)C1CCC1. The fraction of sp³-hybridized carbons (Fsp3) is 0.812. The van der Waals surface area contributed by atoms with Crippen LogP contribution < -0.4 is 0 Å². The first kappa shape index (κ1) is 15.5. The lowest BCUT2D eigenvalue weighted by atomic mass is 9.65. The number of piperidine rings is 1. The molecule has 1 aromatic rings. The lowest BCUT2D eigenvalue weighted by Gasteiger charge is -2.50. The molecule has 2 aliphatic rings. The van der Waals surface area contributed by atoms with E-state index in [-0.39, 0.29) is 11.8 Å². The van der Waals surface area contributed by atoms with Crippen molar-refractivity contribution in [2.45, 2.75) is 51.0 Å². The summed E-state index contributed by atoms with van der Waals surface area (Å²) in [6.07, 6.45) is 6.96. The molecule has 6 nitrogen and oxygen atoms in total. The smallest absolute Gasteiger partial charge is 0.223 e. The molecular formula is C16H26N4O2. The molecule has 1 aliphatic carbocycles. The van der Waals surface area contributed by atoms with Crippen LogP contribution in [0.5, 0.6) is 0 Å². The quantitative estimate of drug-likeness (QED) is 0.906. The van der Waals surface area contributed by atoms with E-state index in [9.17, 15) is 9.90 Å². The van der Waals surface area contributed by atoms with Crippen molar-refractivity contribution < 1.29 is 9.90 Å². The summed E-state index contributed by atoms with van der Waals surface area (Å²) in [5.74, 6) is 1.60. The summed E-state index contributed by atoms with van der Waals surface area (Å²) in [7, 11) is 1.89. The number of nitrogens with zero attached hydrogens (tertiary/aromatic N) is 4. The Bertz CT molecular complexity index is 540. The van der Waals surface area contributed by atoms with E-state index in [1.54, 1.807) is 6.33 Å². The van der Waals surface area contributed by atoms with E-state index in [1.165, 1.54) is 6.42 Å². The molecule has 6 heteroatoms. The van der Waals surface area contributed by atoms with Crippen LogP contribution in [0, 0.1) is 11.8 Å². The minimum Gasteiger partial charge on any atom is -0.389 e. The first-order valence-corrected chi connectivity index (χ1v) is 8.33. The Morgan fingerprint density at radius 3 is 2.82 bits per heavy atom. The van der Waals surface area contributed by atoms with Crippen molar-refractivity contribution in [1.82, 2.24) is 19.7 Å². The van der Waals surface area contributed by atoms with E-state index < -0.39 is 5.60 Å². The molecule has 2 heterocycles. The van der Waals surface area contributed by atoms with E-state index in [2.05, 4.69) is 17.1 Å². The van der Waals surface area contributed by atoms with Gasteiger partial charge in [0.15, 0.2) is 0 Å². The average Bonchev–Trinajstić information content (AvgIpc) is 2.83. The lowest BCUT2D eigenvalue weighted by Crippen LogP contribution is -2.57. The topological polar surface area (TPSA) is 71.2 Å². The summed E-state index contributed by atoms with van der Waals surface area (Å²) < 4.78 is 1.85. The van der Waals surface area contributed by atoms with Crippen LogP contribution in [0.2, 0.25) is 0 Å². The first-order valence-electron chi connectivity index (χ1n) is 8.33. The first-order chi connectivity index (χ1) is 10.5. The van der Waals surface area contributed by atoms with Gasteiger partial charge in [0, 0.05) is 38.9 Å². The maximum atomic E-state index is 12.4. The third-order valence-electron chi connectivity index (χ3n) is 5.66. The second-order valence-electron chi connectivity index (χ2n) is 6.97. The fourth-order valence-electron chi connectivity index (χ4n) is 3.79. The number of hydrogen-bond donors (Lipinski definition) is 1. The Hall–Kier alpha value is -1.43. The van der Waals surface area contributed by atoms with Crippen molar-refractivity contribution >= 4 is 5.91 Å². The summed E-state index contributed by atoms with van der Waals surface area (Å²) in [6.45, 7) is 3.43. The van der Waals surface area contributed by atoms with Gasteiger partial charge in [0.1, 0.15) is 12.2 Å². The summed E-state index contributed by atoms with van der Waals surface area (Å²) >= 11 is 0. The number of carbonyl (C=O) groups is 1.